The number of fused-ring (bicyclic) bond motifs is 1. The van der Waals surface area contributed by atoms with Gasteiger partial charge in [-0.3, -0.25) is 5.41 Å². The summed E-state index contributed by atoms with van der Waals surface area (Å²) in [4.78, 5) is 4.53. The first-order valence-electron chi connectivity index (χ1n) is 9.95. The van der Waals surface area contributed by atoms with Crippen LogP contribution in [0.3, 0.4) is 0 Å². The Morgan fingerprint density at radius 1 is 1.07 bits per heavy atom. The van der Waals surface area contributed by atoms with Gasteiger partial charge >= 0.3 is 0 Å². The zero-order valence-corrected chi connectivity index (χ0v) is 17.4. The van der Waals surface area contributed by atoms with Crippen LogP contribution in [0, 0.1) is 10.8 Å². The van der Waals surface area contributed by atoms with Crippen LogP contribution in [0.25, 0.3) is 10.8 Å². The van der Waals surface area contributed by atoms with Crippen LogP contribution in [0.15, 0.2) is 90.0 Å². The van der Waals surface area contributed by atoms with Gasteiger partial charge in [0.1, 0.15) is 0 Å². The van der Waals surface area contributed by atoms with Crippen molar-refractivity contribution in [2.75, 3.05) is 5.32 Å². The molecular weight excluding hydrogens is 368 g/mol. The molecule has 30 heavy (non-hydrogen) atoms. The van der Waals surface area contributed by atoms with Crippen LogP contribution < -0.4 is 5.32 Å². The van der Waals surface area contributed by atoms with E-state index in [9.17, 15) is 0 Å². The number of hydrogen-bond acceptors (Lipinski definition) is 3. The average Bonchev–Trinajstić information content (AvgIpc) is 2.78. The number of amidine groups is 1. The molecule has 0 aliphatic rings. The number of anilines is 2. The number of allylic oxidation sites excluding steroid dienone is 1. The van der Waals surface area contributed by atoms with E-state index in [1.54, 1.807) is 6.08 Å². The van der Waals surface area contributed by atoms with Gasteiger partial charge in [-0.2, -0.15) is 0 Å². The van der Waals surface area contributed by atoms with Crippen molar-refractivity contribution in [3.05, 3.63) is 96.1 Å². The summed E-state index contributed by atoms with van der Waals surface area (Å²) in [5.74, 6) is 0.211. The van der Waals surface area contributed by atoms with Gasteiger partial charge in [-0.25, -0.2) is 4.99 Å². The number of hydrogen-bond donors (Lipinski definition) is 3. The smallest absolute Gasteiger partial charge is 0.151 e. The van der Waals surface area contributed by atoms with Crippen LogP contribution >= 0.6 is 0 Å². The van der Waals surface area contributed by atoms with Crippen LogP contribution in [-0.4, -0.2) is 17.8 Å². The van der Waals surface area contributed by atoms with Crippen LogP contribution in [0.1, 0.15) is 31.4 Å². The van der Waals surface area contributed by atoms with E-state index < -0.39 is 0 Å². The Bertz CT molecular complexity index is 1170. The second-order valence-electron chi connectivity index (χ2n) is 6.85. The highest BCUT2D eigenvalue weighted by Gasteiger charge is 2.08. The van der Waals surface area contributed by atoms with E-state index in [2.05, 4.69) is 29.0 Å². The minimum Gasteiger partial charge on any atom is -0.355 e. The molecule has 3 rings (SSSR count). The third-order valence-corrected chi connectivity index (χ3v) is 4.93. The highest BCUT2D eigenvalue weighted by atomic mass is 14.9. The standard InChI is InChI=1S/C26H26N4/c1-4-18(5-2)26(28)30-24(6-3)21-12-9-13-23(15-21)29-25-16-20-11-8-7-10-19(20)14-22(25)17-27/h4-5,7-17,27-29H,1,6H2,2-3H3/b18-5+,27-17?,28-26?,30-24?. The Kier molecular flexibility index (Phi) is 6.71. The Morgan fingerprint density at radius 3 is 2.43 bits per heavy atom. The van der Waals surface area contributed by atoms with Crippen LogP contribution in [0.4, 0.5) is 11.4 Å². The molecule has 3 aromatic carbocycles. The third-order valence-electron chi connectivity index (χ3n) is 4.93. The largest absolute Gasteiger partial charge is 0.355 e. The summed E-state index contributed by atoms with van der Waals surface area (Å²) in [6.07, 6.45) is 5.56. The molecule has 0 fully saturated rings. The van der Waals surface area contributed by atoms with Crippen molar-refractivity contribution < 1.29 is 0 Å². The van der Waals surface area contributed by atoms with Gasteiger partial charge in [-0.1, -0.05) is 62.1 Å². The predicted octanol–water partition coefficient (Wildman–Crippen LogP) is 6.89. The quantitative estimate of drug-likeness (QED) is 0.228. The fourth-order valence-electron chi connectivity index (χ4n) is 3.32. The minimum absolute atomic E-state index is 0.211. The third kappa shape index (κ3) is 4.61. The van der Waals surface area contributed by atoms with E-state index in [1.165, 1.54) is 6.21 Å². The molecule has 150 valence electrons. The van der Waals surface area contributed by atoms with E-state index in [4.69, 9.17) is 10.8 Å². The molecule has 4 nitrogen and oxygen atoms in total. The maximum absolute atomic E-state index is 8.22. The Balaban J connectivity index is 1.96. The van der Waals surface area contributed by atoms with Gasteiger partial charge in [-0.05, 0) is 53.9 Å². The van der Waals surface area contributed by atoms with Gasteiger partial charge in [0, 0.05) is 34.4 Å². The number of benzene rings is 3. The van der Waals surface area contributed by atoms with E-state index in [0.717, 1.165) is 39.0 Å². The summed E-state index contributed by atoms with van der Waals surface area (Å²) in [5.41, 5.74) is 5.13. The molecule has 0 amide bonds. The van der Waals surface area contributed by atoms with Crippen molar-refractivity contribution >= 4 is 39.9 Å². The van der Waals surface area contributed by atoms with Gasteiger partial charge in [-0.15, -0.1) is 0 Å². The zero-order valence-electron chi connectivity index (χ0n) is 17.4. The van der Waals surface area contributed by atoms with Gasteiger partial charge in [0.2, 0.25) is 0 Å². The number of nitrogens with one attached hydrogen (secondary N) is 3. The lowest BCUT2D eigenvalue weighted by molar-refractivity contribution is 1.26. The molecule has 0 spiro atoms. The second-order valence-corrected chi connectivity index (χ2v) is 6.85. The summed E-state index contributed by atoms with van der Waals surface area (Å²) >= 11 is 0. The maximum Gasteiger partial charge on any atom is 0.151 e. The molecule has 0 bridgehead atoms. The summed E-state index contributed by atoms with van der Waals surface area (Å²) in [6, 6.07) is 20.2. The predicted molar refractivity (Wildman–Crippen MR) is 130 cm³/mol. The molecule has 0 saturated heterocycles. The average molecular weight is 395 g/mol. The first-order chi connectivity index (χ1) is 14.6. The molecule has 0 aromatic heterocycles. The van der Waals surface area contributed by atoms with Crippen LogP contribution in [0.2, 0.25) is 0 Å². The Hall–Kier alpha value is -3.79. The molecule has 3 N–H and O–H groups in total. The molecular formula is C26H26N4. The van der Waals surface area contributed by atoms with Gasteiger partial charge in [0.15, 0.2) is 5.84 Å². The lowest BCUT2D eigenvalue weighted by atomic mass is 10.0. The normalized spacial score (nSPS) is 11.9. The van der Waals surface area contributed by atoms with Gasteiger partial charge in [0.25, 0.3) is 0 Å². The number of aliphatic imine (C=N–C) groups is 1. The topological polar surface area (TPSA) is 72.1 Å². The highest BCUT2D eigenvalue weighted by molar-refractivity contribution is 6.12. The molecule has 0 aliphatic carbocycles. The second kappa shape index (κ2) is 9.61. The summed E-state index contributed by atoms with van der Waals surface area (Å²) in [5, 5.41) is 21.7. The van der Waals surface area contributed by atoms with Crippen LogP contribution in [0.5, 0.6) is 0 Å². The minimum atomic E-state index is 0.211. The first kappa shape index (κ1) is 20.9. The van der Waals surface area contributed by atoms with Crippen molar-refractivity contribution in [1.29, 1.82) is 10.8 Å². The maximum atomic E-state index is 8.22. The molecule has 0 atom stereocenters. The first-order valence-corrected chi connectivity index (χ1v) is 9.95. The van der Waals surface area contributed by atoms with Crippen LogP contribution in [-0.2, 0) is 0 Å². The van der Waals surface area contributed by atoms with Crippen molar-refractivity contribution in [2.45, 2.75) is 20.3 Å². The monoisotopic (exact) mass is 394 g/mol. The number of rotatable bonds is 7. The molecule has 0 radical (unpaired) electrons. The fourth-order valence-corrected chi connectivity index (χ4v) is 3.32. The van der Waals surface area contributed by atoms with E-state index in [0.29, 0.717) is 12.0 Å². The van der Waals surface area contributed by atoms with E-state index in [-0.39, 0.29) is 5.84 Å². The van der Waals surface area contributed by atoms with Crippen molar-refractivity contribution in [3.63, 3.8) is 0 Å². The molecule has 3 aromatic rings. The van der Waals surface area contributed by atoms with Crippen molar-refractivity contribution in [2.24, 2.45) is 4.99 Å². The van der Waals surface area contributed by atoms with Crippen molar-refractivity contribution in [3.8, 4) is 0 Å². The Labute approximate surface area is 177 Å². The van der Waals surface area contributed by atoms with Gasteiger partial charge < -0.3 is 10.7 Å². The summed E-state index contributed by atoms with van der Waals surface area (Å²) in [7, 11) is 0. The SMILES string of the molecule is C=C/C(=C\C)C(=N)N=C(CC)c1cccc(Nc2cc3ccccc3cc2C=N)c1. The summed E-state index contributed by atoms with van der Waals surface area (Å²) < 4.78 is 0. The molecule has 4 heteroatoms. The zero-order chi connectivity index (χ0) is 21.5. The molecule has 0 heterocycles. The lowest BCUT2D eigenvalue weighted by Crippen LogP contribution is -2.06. The van der Waals surface area contributed by atoms with E-state index in [1.807, 2.05) is 68.5 Å². The highest BCUT2D eigenvalue weighted by Crippen LogP contribution is 2.26. The summed E-state index contributed by atoms with van der Waals surface area (Å²) in [6.45, 7) is 7.66. The van der Waals surface area contributed by atoms with E-state index >= 15 is 0 Å². The number of nitrogens with zero attached hydrogens (tertiary/aromatic N) is 1. The lowest BCUT2D eigenvalue weighted by Gasteiger charge is -2.13. The van der Waals surface area contributed by atoms with Crippen molar-refractivity contribution in [1.82, 2.24) is 0 Å². The Morgan fingerprint density at radius 2 is 1.80 bits per heavy atom. The molecule has 0 aliphatic heterocycles. The molecule has 0 unspecified atom stereocenters. The van der Waals surface area contributed by atoms with Gasteiger partial charge in [0.05, 0.1) is 0 Å². The fraction of sp³-hybridized carbons (Fsp3) is 0.115. The molecule has 0 saturated carbocycles.